The molecule has 0 spiro atoms. The number of nitrogens with zero attached hydrogens (tertiary/aromatic N) is 5. The van der Waals surface area contributed by atoms with E-state index in [4.69, 9.17) is 0 Å². The standard InChI is InChI=1S/C24H35N5O3S/c1-3-8-33-22-20(14-25-15-26-22)23(31)29(28-6-4-27(5-7-28)16(2)30)21-18-9-17-10-19(21)13-24(32,11-17)12-18/h14-15,17-19,21,32H,3-13H2,1-2H3. The van der Waals surface area contributed by atoms with Crippen molar-refractivity contribution in [3.05, 3.63) is 18.1 Å². The summed E-state index contributed by atoms with van der Waals surface area (Å²) < 4.78 is 0. The number of amides is 2. The van der Waals surface area contributed by atoms with E-state index in [9.17, 15) is 14.7 Å². The summed E-state index contributed by atoms with van der Waals surface area (Å²) in [5.74, 6) is 2.15. The largest absolute Gasteiger partial charge is 0.390 e. The summed E-state index contributed by atoms with van der Waals surface area (Å²) in [6.07, 6.45) is 8.84. The highest BCUT2D eigenvalue weighted by atomic mass is 32.2. The SMILES string of the molecule is CCCSc1ncncc1C(=O)N(C1C2CC3CC1CC(O)(C3)C2)N1CCN(C(C)=O)CC1. The third-order valence-corrected chi connectivity index (χ3v) is 9.25. The molecule has 1 aromatic heterocycles. The molecule has 4 aliphatic carbocycles. The van der Waals surface area contributed by atoms with E-state index in [2.05, 4.69) is 21.9 Å². The van der Waals surface area contributed by atoms with Gasteiger partial charge < -0.3 is 10.0 Å². The number of carbonyl (C=O) groups excluding carboxylic acids is 2. The average molecular weight is 474 g/mol. The van der Waals surface area contributed by atoms with Gasteiger partial charge in [-0.15, -0.1) is 11.8 Å². The van der Waals surface area contributed by atoms with E-state index in [1.807, 2.05) is 9.91 Å². The molecule has 0 aromatic carbocycles. The highest BCUT2D eigenvalue weighted by Crippen LogP contribution is 2.57. The van der Waals surface area contributed by atoms with Crippen LogP contribution in [0.5, 0.6) is 0 Å². The fourth-order valence-corrected chi connectivity index (χ4v) is 7.75. The van der Waals surface area contributed by atoms with E-state index >= 15 is 0 Å². The lowest BCUT2D eigenvalue weighted by atomic mass is 9.52. The Morgan fingerprint density at radius 2 is 1.88 bits per heavy atom. The number of rotatable bonds is 6. The number of piperazine rings is 1. The van der Waals surface area contributed by atoms with Gasteiger partial charge in [0.2, 0.25) is 5.91 Å². The zero-order chi connectivity index (χ0) is 23.2. The van der Waals surface area contributed by atoms with Crippen LogP contribution in [0.15, 0.2) is 17.6 Å². The van der Waals surface area contributed by atoms with Gasteiger partial charge in [0, 0.05) is 39.3 Å². The predicted molar refractivity (Wildman–Crippen MR) is 125 cm³/mol. The van der Waals surface area contributed by atoms with Gasteiger partial charge in [-0.1, -0.05) is 6.92 Å². The van der Waals surface area contributed by atoms with Crippen LogP contribution in [-0.2, 0) is 4.79 Å². The van der Waals surface area contributed by atoms with Crippen molar-refractivity contribution >= 4 is 23.6 Å². The summed E-state index contributed by atoms with van der Waals surface area (Å²) in [5, 5.41) is 16.0. The van der Waals surface area contributed by atoms with Gasteiger partial charge in [0.25, 0.3) is 5.91 Å². The summed E-state index contributed by atoms with van der Waals surface area (Å²) in [6, 6.07) is 0.0856. The van der Waals surface area contributed by atoms with Crippen molar-refractivity contribution < 1.29 is 14.7 Å². The molecule has 1 N–H and O–H groups in total. The van der Waals surface area contributed by atoms with Crippen LogP contribution in [0, 0.1) is 17.8 Å². The molecule has 0 radical (unpaired) electrons. The highest BCUT2D eigenvalue weighted by molar-refractivity contribution is 7.99. The van der Waals surface area contributed by atoms with Crippen LogP contribution in [0.1, 0.15) is 62.7 Å². The number of hydrogen-bond acceptors (Lipinski definition) is 7. The molecular weight excluding hydrogens is 438 g/mol. The third kappa shape index (κ3) is 4.39. The number of carbonyl (C=O) groups is 2. The van der Waals surface area contributed by atoms with Crippen LogP contribution in [0.4, 0.5) is 0 Å². The second-order valence-electron chi connectivity index (χ2n) is 10.4. The Labute approximate surface area is 200 Å². The number of hydrogen-bond donors (Lipinski definition) is 1. The van der Waals surface area contributed by atoms with Gasteiger partial charge in [0.1, 0.15) is 11.4 Å². The van der Waals surface area contributed by atoms with E-state index in [0.29, 0.717) is 49.5 Å². The molecule has 5 fully saturated rings. The van der Waals surface area contributed by atoms with Crippen LogP contribution in [0.25, 0.3) is 0 Å². The summed E-state index contributed by atoms with van der Waals surface area (Å²) in [7, 11) is 0. The molecule has 2 atom stereocenters. The maximum Gasteiger partial charge on any atom is 0.272 e. The van der Waals surface area contributed by atoms with Gasteiger partial charge in [-0.05, 0) is 62.0 Å². The number of aliphatic hydroxyl groups is 1. The quantitative estimate of drug-likeness (QED) is 0.501. The molecule has 1 saturated heterocycles. The first-order valence-electron chi connectivity index (χ1n) is 12.4. The second kappa shape index (κ2) is 9.15. The molecule has 8 nitrogen and oxygen atoms in total. The van der Waals surface area contributed by atoms with Crippen molar-refractivity contribution in [2.45, 2.75) is 69.0 Å². The maximum atomic E-state index is 14.2. The fraction of sp³-hybridized carbons (Fsp3) is 0.750. The topological polar surface area (TPSA) is 89.9 Å². The van der Waals surface area contributed by atoms with Crippen molar-refractivity contribution in [1.82, 2.24) is 24.9 Å². The molecule has 33 heavy (non-hydrogen) atoms. The maximum absolute atomic E-state index is 14.2. The van der Waals surface area contributed by atoms with Crippen molar-refractivity contribution in [3.8, 4) is 0 Å². The number of hydrazine groups is 1. The lowest BCUT2D eigenvalue weighted by molar-refractivity contribution is -0.187. The molecule has 2 heterocycles. The lowest BCUT2D eigenvalue weighted by Crippen LogP contribution is -2.67. The van der Waals surface area contributed by atoms with Crippen molar-refractivity contribution in [2.24, 2.45) is 17.8 Å². The molecule has 4 saturated carbocycles. The Morgan fingerprint density at radius 3 is 2.48 bits per heavy atom. The first-order valence-corrected chi connectivity index (χ1v) is 13.4. The summed E-state index contributed by atoms with van der Waals surface area (Å²) in [4.78, 5) is 36.6. The molecule has 2 amide bonds. The molecule has 1 aromatic rings. The van der Waals surface area contributed by atoms with Crippen LogP contribution in [0.2, 0.25) is 0 Å². The second-order valence-corrected chi connectivity index (χ2v) is 11.5. The van der Waals surface area contributed by atoms with Gasteiger partial charge in [0.15, 0.2) is 0 Å². The van der Waals surface area contributed by atoms with E-state index in [1.165, 1.54) is 6.33 Å². The zero-order valence-corrected chi connectivity index (χ0v) is 20.5. The molecule has 4 bridgehead atoms. The zero-order valence-electron chi connectivity index (χ0n) is 19.7. The van der Waals surface area contributed by atoms with Crippen molar-refractivity contribution in [3.63, 3.8) is 0 Å². The molecule has 6 rings (SSSR count). The predicted octanol–water partition coefficient (Wildman–Crippen LogP) is 2.44. The molecule has 5 aliphatic rings. The van der Waals surface area contributed by atoms with Gasteiger partial charge >= 0.3 is 0 Å². The van der Waals surface area contributed by atoms with Crippen molar-refractivity contribution in [1.29, 1.82) is 0 Å². The summed E-state index contributed by atoms with van der Waals surface area (Å²) in [6.45, 7) is 6.25. The van der Waals surface area contributed by atoms with E-state index in [0.717, 1.165) is 49.3 Å². The molecule has 2 unspecified atom stereocenters. The van der Waals surface area contributed by atoms with Gasteiger partial charge in [-0.2, -0.15) is 0 Å². The van der Waals surface area contributed by atoms with E-state index in [1.54, 1.807) is 24.9 Å². The molecule has 180 valence electrons. The first kappa shape index (κ1) is 23.1. The minimum atomic E-state index is -0.549. The van der Waals surface area contributed by atoms with Crippen LogP contribution >= 0.6 is 11.8 Å². The Kier molecular flexibility index (Phi) is 6.39. The number of aromatic nitrogens is 2. The van der Waals surface area contributed by atoms with Gasteiger partial charge in [-0.3, -0.25) is 14.6 Å². The van der Waals surface area contributed by atoms with Crippen LogP contribution < -0.4 is 0 Å². The fourth-order valence-electron chi connectivity index (χ4n) is 6.93. The lowest BCUT2D eigenvalue weighted by Gasteiger charge is -2.61. The van der Waals surface area contributed by atoms with Crippen molar-refractivity contribution in [2.75, 3.05) is 31.9 Å². The van der Waals surface area contributed by atoms with Gasteiger partial charge in [-0.25, -0.2) is 15.0 Å². The Balaban J connectivity index is 1.47. The smallest absolute Gasteiger partial charge is 0.272 e. The van der Waals surface area contributed by atoms with Crippen LogP contribution in [-0.4, -0.2) is 85.4 Å². The highest BCUT2D eigenvalue weighted by Gasteiger charge is 2.57. The van der Waals surface area contributed by atoms with E-state index < -0.39 is 5.60 Å². The minimum absolute atomic E-state index is 0.0325. The Morgan fingerprint density at radius 1 is 1.18 bits per heavy atom. The van der Waals surface area contributed by atoms with Gasteiger partial charge in [0.05, 0.1) is 17.2 Å². The Bertz CT molecular complexity index is 890. The third-order valence-electron chi connectivity index (χ3n) is 8.04. The molecule has 9 heteroatoms. The van der Waals surface area contributed by atoms with E-state index in [-0.39, 0.29) is 17.9 Å². The minimum Gasteiger partial charge on any atom is -0.390 e. The monoisotopic (exact) mass is 473 g/mol. The Hall–Kier alpha value is -1.71. The summed E-state index contributed by atoms with van der Waals surface area (Å²) >= 11 is 1.61. The summed E-state index contributed by atoms with van der Waals surface area (Å²) in [5.41, 5.74) is 0.0185. The first-order chi connectivity index (χ1) is 15.9. The number of thioether (sulfide) groups is 1. The molecule has 1 aliphatic heterocycles. The molecular formula is C24H35N5O3S. The van der Waals surface area contributed by atoms with Crippen LogP contribution in [0.3, 0.4) is 0 Å². The normalized spacial score (nSPS) is 33.4. The average Bonchev–Trinajstić information content (AvgIpc) is 2.79.